The van der Waals surface area contributed by atoms with Crippen LogP contribution < -0.4 is 0 Å². The third-order valence-corrected chi connectivity index (χ3v) is 4.10. The summed E-state index contributed by atoms with van der Waals surface area (Å²) in [5, 5.41) is 2.67. The minimum Gasteiger partial charge on any atom is -0.314 e. The fourth-order valence-electron chi connectivity index (χ4n) is 2.91. The topological polar surface area (TPSA) is 4.93 Å². The number of para-hydroxylation sites is 2. The quantitative estimate of drug-likeness (QED) is 0.571. The lowest BCUT2D eigenvalue weighted by Crippen LogP contribution is -1.96. The van der Waals surface area contributed by atoms with Crippen molar-refractivity contribution in [3.05, 3.63) is 54.6 Å². The molecule has 1 atom stereocenters. The van der Waals surface area contributed by atoms with Gasteiger partial charge in [0, 0.05) is 16.5 Å². The minimum atomic E-state index is 0.606. The van der Waals surface area contributed by atoms with Gasteiger partial charge in [0.15, 0.2) is 0 Å². The number of nitrogens with zero attached hydrogens (tertiary/aromatic N) is 1. The first-order chi connectivity index (χ1) is 9.72. The van der Waals surface area contributed by atoms with Crippen molar-refractivity contribution in [1.82, 2.24) is 4.57 Å². The van der Waals surface area contributed by atoms with E-state index >= 15 is 0 Å². The normalized spacial score (nSPS) is 14.1. The molecule has 1 aromatic heterocycles. The molecule has 0 amide bonds. The van der Waals surface area contributed by atoms with Gasteiger partial charge < -0.3 is 4.57 Å². The summed E-state index contributed by atoms with van der Waals surface area (Å²) in [4.78, 5) is 0. The van der Waals surface area contributed by atoms with Crippen molar-refractivity contribution in [2.45, 2.75) is 27.2 Å². The van der Waals surface area contributed by atoms with Crippen LogP contribution in [0.15, 0.2) is 54.6 Å². The van der Waals surface area contributed by atoms with Crippen molar-refractivity contribution in [3.8, 4) is 0 Å². The van der Waals surface area contributed by atoms with E-state index in [4.69, 9.17) is 0 Å². The number of rotatable bonds is 3. The van der Waals surface area contributed by atoms with E-state index in [1.807, 2.05) is 0 Å². The molecule has 1 heterocycles. The Labute approximate surface area is 120 Å². The van der Waals surface area contributed by atoms with Crippen LogP contribution in [0.25, 0.3) is 27.5 Å². The predicted octanol–water partition coefficient (Wildman–Crippen LogP) is 5.70. The number of benzene rings is 2. The molecule has 0 fully saturated rings. The number of fused-ring (bicyclic) bond motifs is 3. The lowest BCUT2D eigenvalue weighted by Gasteiger charge is -2.10. The third-order valence-electron chi connectivity index (χ3n) is 4.10. The monoisotopic (exact) mass is 263 g/mol. The molecule has 0 spiro atoms. The molecule has 0 saturated carbocycles. The molecule has 0 aliphatic rings. The van der Waals surface area contributed by atoms with E-state index in [1.54, 1.807) is 0 Å². The Morgan fingerprint density at radius 1 is 1.00 bits per heavy atom. The van der Waals surface area contributed by atoms with Crippen LogP contribution in [0, 0.1) is 5.92 Å². The summed E-state index contributed by atoms with van der Waals surface area (Å²) in [6.07, 6.45) is 3.55. The molecular weight excluding hydrogens is 242 g/mol. The highest BCUT2D eigenvalue weighted by molar-refractivity contribution is 6.09. The molecule has 0 saturated heterocycles. The fraction of sp³-hybridized carbons (Fsp3) is 0.263. The summed E-state index contributed by atoms with van der Waals surface area (Å²) in [5.74, 6) is 0.606. The fourth-order valence-corrected chi connectivity index (χ4v) is 2.91. The van der Waals surface area contributed by atoms with Crippen molar-refractivity contribution in [1.29, 1.82) is 0 Å². The Balaban J connectivity index is 2.35. The summed E-state index contributed by atoms with van der Waals surface area (Å²) in [6.45, 7) is 6.72. The molecule has 0 N–H and O–H groups in total. The van der Waals surface area contributed by atoms with Gasteiger partial charge in [-0.1, -0.05) is 62.7 Å². The van der Waals surface area contributed by atoms with Gasteiger partial charge in [-0.15, -0.1) is 0 Å². The summed E-state index contributed by atoms with van der Waals surface area (Å²) in [6, 6.07) is 17.3. The third kappa shape index (κ3) is 2.03. The second-order valence-electron chi connectivity index (χ2n) is 5.56. The molecule has 20 heavy (non-hydrogen) atoms. The van der Waals surface area contributed by atoms with E-state index in [1.165, 1.54) is 33.9 Å². The van der Waals surface area contributed by atoms with Crippen LogP contribution in [0.4, 0.5) is 0 Å². The zero-order valence-corrected chi connectivity index (χ0v) is 12.4. The summed E-state index contributed by atoms with van der Waals surface area (Å²) in [5.41, 5.74) is 3.91. The molecule has 102 valence electrons. The lowest BCUT2D eigenvalue weighted by molar-refractivity contribution is 0.696. The second kappa shape index (κ2) is 5.16. The number of allylic oxidation sites excluding steroid dienone is 2. The Morgan fingerprint density at radius 3 is 2.00 bits per heavy atom. The van der Waals surface area contributed by atoms with Gasteiger partial charge in [0.25, 0.3) is 0 Å². The van der Waals surface area contributed by atoms with Gasteiger partial charge in [-0.25, -0.2) is 0 Å². The van der Waals surface area contributed by atoms with Crippen molar-refractivity contribution in [2.75, 3.05) is 0 Å². The summed E-state index contributed by atoms with van der Waals surface area (Å²) in [7, 11) is 0. The van der Waals surface area contributed by atoms with Crippen LogP contribution in [-0.4, -0.2) is 4.57 Å². The largest absolute Gasteiger partial charge is 0.314 e. The standard InChI is InChI=1S/C19H21N/c1-4-14(2)13-15(3)20-18-11-7-5-9-16(18)17-10-6-8-12-19(17)20/h5-14H,4H2,1-3H3/b15-13+/t14-/m0/s1. The van der Waals surface area contributed by atoms with Crippen LogP contribution in [0.1, 0.15) is 27.2 Å². The molecule has 0 aliphatic carbocycles. The molecule has 1 heteroatoms. The van der Waals surface area contributed by atoms with Gasteiger partial charge in [-0.05, 0) is 25.0 Å². The highest BCUT2D eigenvalue weighted by Crippen LogP contribution is 2.31. The van der Waals surface area contributed by atoms with Crippen LogP contribution in [0.5, 0.6) is 0 Å². The first kappa shape index (κ1) is 13.0. The molecule has 3 rings (SSSR count). The summed E-state index contributed by atoms with van der Waals surface area (Å²) >= 11 is 0. The van der Waals surface area contributed by atoms with Gasteiger partial charge in [0.1, 0.15) is 0 Å². The maximum Gasteiger partial charge on any atom is 0.0537 e. The van der Waals surface area contributed by atoms with Gasteiger partial charge in [-0.3, -0.25) is 0 Å². The predicted molar refractivity (Wildman–Crippen MR) is 88.8 cm³/mol. The van der Waals surface area contributed by atoms with Gasteiger partial charge in [-0.2, -0.15) is 0 Å². The highest BCUT2D eigenvalue weighted by atomic mass is 15.0. The van der Waals surface area contributed by atoms with Gasteiger partial charge in [0.2, 0.25) is 0 Å². The molecule has 0 radical (unpaired) electrons. The number of hydrogen-bond donors (Lipinski definition) is 0. The van der Waals surface area contributed by atoms with Crippen molar-refractivity contribution >= 4 is 27.5 Å². The summed E-state index contributed by atoms with van der Waals surface area (Å²) < 4.78 is 2.39. The maximum absolute atomic E-state index is 2.39. The van der Waals surface area contributed by atoms with E-state index in [0.29, 0.717) is 5.92 Å². The second-order valence-corrected chi connectivity index (χ2v) is 5.56. The molecular formula is C19H21N. The van der Waals surface area contributed by atoms with Gasteiger partial charge in [0.05, 0.1) is 11.0 Å². The van der Waals surface area contributed by atoms with Crippen LogP contribution in [-0.2, 0) is 0 Å². The van der Waals surface area contributed by atoms with Crippen molar-refractivity contribution < 1.29 is 0 Å². The van der Waals surface area contributed by atoms with Crippen molar-refractivity contribution in [3.63, 3.8) is 0 Å². The molecule has 0 unspecified atom stereocenters. The minimum absolute atomic E-state index is 0.606. The van der Waals surface area contributed by atoms with Crippen molar-refractivity contribution in [2.24, 2.45) is 5.92 Å². The van der Waals surface area contributed by atoms with E-state index < -0.39 is 0 Å². The SMILES string of the molecule is CC[C@H](C)/C=C(\C)n1c2ccccc2c2ccccc21. The average molecular weight is 263 g/mol. The zero-order chi connectivity index (χ0) is 14.1. The molecule has 1 nitrogen and oxygen atoms in total. The molecule has 0 aliphatic heterocycles. The smallest absolute Gasteiger partial charge is 0.0537 e. The Kier molecular flexibility index (Phi) is 3.35. The lowest BCUT2D eigenvalue weighted by atomic mass is 10.1. The van der Waals surface area contributed by atoms with E-state index in [-0.39, 0.29) is 0 Å². The molecule has 3 aromatic rings. The number of hydrogen-bond acceptors (Lipinski definition) is 0. The highest BCUT2D eigenvalue weighted by Gasteiger charge is 2.10. The van der Waals surface area contributed by atoms with E-state index in [0.717, 1.165) is 0 Å². The Bertz CT molecular complexity index is 723. The molecule has 2 aromatic carbocycles. The first-order valence-corrected chi connectivity index (χ1v) is 7.39. The average Bonchev–Trinajstić information content (AvgIpc) is 2.81. The van der Waals surface area contributed by atoms with Gasteiger partial charge >= 0.3 is 0 Å². The Morgan fingerprint density at radius 2 is 1.50 bits per heavy atom. The molecule has 0 bridgehead atoms. The zero-order valence-electron chi connectivity index (χ0n) is 12.4. The number of aromatic nitrogens is 1. The van der Waals surface area contributed by atoms with E-state index in [9.17, 15) is 0 Å². The van der Waals surface area contributed by atoms with Crippen LogP contribution >= 0.6 is 0 Å². The van der Waals surface area contributed by atoms with Crippen LogP contribution in [0.2, 0.25) is 0 Å². The first-order valence-electron chi connectivity index (χ1n) is 7.39. The van der Waals surface area contributed by atoms with E-state index in [2.05, 4.69) is 79.9 Å². The maximum atomic E-state index is 2.39. The van der Waals surface area contributed by atoms with Crippen LogP contribution in [0.3, 0.4) is 0 Å². The Hall–Kier alpha value is -2.02.